The van der Waals surface area contributed by atoms with Crippen LogP contribution in [0.25, 0.3) is 0 Å². The minimum absolute atomic E-state index is 0.144. The van der Waals surface area contributed by atoms with E-state index in [9.17, 15) is 5.11 Å². The summed E-state index contributed by atoms with van der Waals surface area (Å²) in [5, 5.41) is 9.19. The Bertz CT molecular complexity index is 295. The monoisotopic (exact) mass is 212 g/mol. The van der Waals surface area contributed by atoms with Crippen LogP contribution in [0.4, 0.5) is 0 Å². The van der Waals surface area contributed by atoms with Gasteiger partial charge >= 0.3 is 0 Å². The lowest BCUT2D eigenvalue weighted by Crippen LogP contribution is -2.09. The first-order chi connectivity index (χ1) is 6.85. The first kappa shape index (κ1) is 10.1. The average Bonchev–Trinajstić information content (AvgIpc) is 2.85. The lowest BCUT2D eigenvalue weighted by atomic mass is 10.0. The molecule has 0 spiro atoms. The van der Waals surface area contributed by atoms with Crippen molar-refractivity contribution in [3.8, 4) is 0 Å². The lowest BCUT2D eigenvalue weighted by molar-refractivity contribution is 0.0747. The highest BCUT2D eigenvalue weighted by Gasteiger charge is 2.29. The van der Waals surface area contributed by atoms with Crippen molar-refractivity contribution in [2.24, 2.45) is 5.92 Å². The predicted molar refractivity (Wildman–Crippen MR) is 57.6 cm³/mol. The van der Waals surface area contributed by atoms with Crippen LogP contribution in [0.2, 0.25) is 0 Å². The Kier molecular flexibility index (Phi) is 3.21. The zero-order valence-electron chi connectivity index (χ0n) is 8.40. The third kappa shape index (κ3) is 1.85. The summed E-state index contributed by atoms with van der Waals surface area (Å²) in [7, 11) is 0. The van der Waals surface area contributed by atoms with Crippen molar-refractivity contribution >= 4 is 11.3 Å². The third-order valence-electron chi connectivity index (χ3n) is 2.76. The topological polar surface area (TPSA) is 29.5 Å². The summed E-state index contributed by atoms with van der Waals surface area (Å²) in [6.45, 7) is 3.19. The molecular formula is C11H16O2S. The van der Waals surface area contributed by atoms with Gasteiger partial charge in [-0.25, -0.2) is 0 Å². The second-order valence-corrected chi connectivity index (χ2v) is 4.88. The Morgan fingerprint density at radius 1 is 1.57 bits per heavy atom. The van der Waals surface area contributed by atoms with Crippen LogP contribution in [0, 0.1) is 5.92 Å². The maximum absolute atomic E-state index is 9.19. The number of rotatable bonds is 3. The molecule has 2 nitrogen and oxygen atoms in total. The Balaban J connectivity index is 2.13. The minimum atomic E-state index is 0.144. The number of hydrogen-bond acceptors (Lipinski definition) is 3. The van der Waals surface area contributed by atoms with E-state index in [1.165, 1.54) is 9.75 Å². The van der Waals surface area contributed by atoms with E-state index >= 15 is 0 Å². The van der Waals surface area contributed by atoms with Crippen LogP contribution >= 0.6 is 11.3 Å². The summed E-state index contributed by atoms with van der Waals surface area (Å²) in [5.74, 6) is 0.304. The number of aliphatic hydroxyl groups is 1. The van der Waals surface area contributed by atoms with E-state index in [2.05, 4.69) is 19.1 Å². The molecule has 0 saturated carbocycles. The van der Waals surface area contributed by atoms with Crippen LogP contribution in [-0.4, -0.2) is 18.3 Å². The van der Waals surface area contributed by atoms with Gasteiger partial charge in [0.2, 0.25) is 0 Å². The predicted octanol–water partition coefficient (Wildman–Crippen LogP) is 2.38. The zero-order chi connectivity index (χ0) is 9.97. The Labute approximate surface area is 88.5 Å². The van der Waals surface area contributed by atoms with Gasteiger partial charge < -0.3 is 9.84 Å². The fourth-order valence-corrected chi connectivity index (χ4v) is 2.97. The van der Waals surface area contributed by atoms with Gasteiger partial charge in [-0.1, -0.05) is 6.92 Å². The zero-order valence-corrected chi connectivity index (χ0v) is 9.22. The summed E-state index contributed by atoms with van der Waals surface area (Å²) >= 11 is 1.81. The molecule has 1 aliphatic rings. The molecule has 0 radical (unpaired) electrons. The smallest absolute Gasteiger partial charge is 0.0967 e. The first-order valence-corrected chi connectivity index (χ1v) is 5.98. The van der Waals surface area contributed by atoms with Gasteiger partial charge in [0.05, 0.1) is 6.10 Å². The molecule has 1 aliphatic heterocycles. The number of thiophene rings is 1. The first-order valence-electron chi connectivity index (χ1n) is 5.16. The molecule has 0 aromatic carbocycles. The van der Waals surface area contributed by atoms with E-state index in [-0.39, 0.29) is 12.7 Å². The summed E-state index contributed by atoms with van der Waals surface area (Å²) in [5.41, 5.74) is 0. The maximum Gasteiger partial charge on any atom is 0.0967 e. The van der Waals surface area contributed by atoms with Crippen molar-refractivity contribution in [3.63, 3.8) is 0 Å². The summed E-state index contributed by atoms with van der Waals surface area (Å²) in [6, 6.07) is 4.30. The van der Waals surface area contributed by atoms with Crippen LogP contribution in [0.5, 0.6) is 0 Å². The molecule has 2 rings (SSSR count). The maximum atomic E-state index is 9.19. The number of aryl methyl sites for hydroxylation is 1. The van der Waals surface area contributed by atoms with Crippen molar-refractivity contribution < 1.29 is 9.84 Å². The van der Waals surface area contributed by atoms with Gasteiger partial charge in [0, 0.05) is 28.9 Å². The molecule has 14 heavy (non-hydrogen) atoms. The number of hydrogen-bond donors (Lipinski definition) is 1. The lowest BCUT2D eigenvalue weighted by Gasteiger charge is -2.14. The van der Waals surface area contributed by atoms with Crippen molar-refractivity contribution in [2.75, 3.05) is 13.2 Å². The van der Waals surface area contributed by atoms with Gasteiger partial charge in [0.15, 0.2) is 0 Å². The highest BCUT2D eigenvalue weighted by atomic mass is 32.1. The second kappa shape index (κ2) is 4.43. The molecule has 3 heteroatoms. The summed E-state index contributed by atoms with van der Waals surface area (Å²) < 4.78 is 5.65. The van der Waals surface area contributed by atoms with Gasteiger partial charge in [0.1, 0.15) is 0 Å². The fourth-order valence-electron chi connectivity index (χ4n) is 1.87. The van der Waals surface area contributed by atoms with Gasteiger partial charge in [-0.2, -0.15) is 0 Å². The molecule has 1 saturated heterocycles. The molecule has 1 aromatic heterocycles. The van der Waals surface area contributed by atoms with Gasteiger partial charge in [-0.15, -0.1) is 11.3 Å². The Morgan fingerprint density at radius 3 is 3.07 bits per heavy atom. The molecule has 0 bridgehead atoms. The molecular weight excluding hydrogens is 196 g/mol. The standard InChI is InChI=1S/C11H16O2S/c1-2-9-3-4-10(14-9)11-8(7-12)5-6-13-11/h3-4,8,11-12H,2,5-7H2,1H3. The Hall–Kier alpha value is -0.380. The van der Waals surface area contributed by atoms with Crippen LogP contribution in [0.3, 0.4) is 0 Å². The SMILES string of the molecule is CCc1ccc(C2OCCC2CO)s1. The van der Waals surface area contributed by atoms with Gasteiger partial charge in [-0.3, -0.25) is 0 Å². The quantitative estimate of drug-likeness (QED) is 0.833. The molecule has 0 aliphatic carbocycles. The molecule has 2 unspecified atom stereocenters. The molecule has 0 amide bonds. The van der Waals surface area contributed by atoms with Crippen molar-refractivity contribution in [3.05, 3.63) is 21.9 Å². The highest BCUT2D eigenvalue weighted by Crippen LogP contribution is 2.37. The molecule has 1 fully saturated rings. The van der Waals surface area contributed by atoms with Crippen molar-refractivity contribution in [1.82, 2.24) is 0 Å². The molecule has 2 atom stereocenters. The van der Waals surface area contributed by atoms with E-state index in [1.807, 2.05) is 11.3 Å². The van der Waals surface area contributed by atoms with Crippen LogP contribution in [0.15, 0.2) is 12.1 Å². The van der Waals surface area contributed by atoms with E-state index in [4.69, 9.17) is 4.74 Å². The number of ether oxygens (including phenoxy) is 1. The van der Waals surface area contributed by atoms with Gasteiger partial charge in [0.25, 0.3) is 0 Å². The van der Waals surface area contributed by atoms with Crippen LogP contribution < -0.4 is 0 Å². The second-order valence-electron chi connectivity index (χ2n) is 3.68. The van der Waals surface area contributed by atoms with E-state index < -0.39 is 0 Å². The van der Waals surface area contributed by atoms with Crippen molar-refractivity contribution in [1.29, 1.82) is 0 Å². The van der Waals surface area contributed by atoms with Crippen molar-refractivity contribution in [2.45, 2.75) is 25.9 Å². The van der Waals surface area contributed by atoms with Crippen LogP contribution in [0.1, 0.15) is 29.2 Å². The normalized spacial score (nSPS) is 27.0. The summed E-state index contributed by atoms with van der Waals surface area (Å²) in [6.07, 6.45) is 2.21. The van der Waals surface area contributed by atoms with E-state index in [0.29, 0.717) is 5.92 Å². The van der Waals surface area contributed by atoms with E-state index in [0.717, 1.165) is 19.4 Å². The van der Waals surface area contributed by atoms with Crippen LogP contribution in [-0.2, 0) is 11.2 Å². The molecule has 78 valence electrons. The molecule has 1 N–H and O–H groups in total. The Morgan fingerprint density at radius 2 is 2.43 bits per heavy atom. The van der Waals surface area contributed by atoms with Gasteiger partial charge in [-0.05, 0) is 25.0 Å². The average molecular weight is 212 g/mol. The number of aliphatic hydroxyl groups excluding tert-OH is 1. The molecule has 2 heterocycles. The highest BCUT2D eigenvalue weighted by molar-refractivity contribution is 7.12. The fraction of sp³-hybridized carbons (Fsp3) is 0.636. The summed E-state index contributed by atoms with van der Waals surface area (Å²) in [4.78, 5) is 2.67. The minimum Gasteiger partial charge on any atom is -0.396 e. The molecule has 1 aromatic rings. The largest absolute Gasteiger partial charge is 0.396 e. The third-order valence-corrected chi connectivity index (χ3v) is 4.05. The van der Waals surface area contributed by atoms with E-state index in [1.54, 1.807) is 0 Å².